The van der Waals surface area contributed by atoms with Crippen LogP contribution in [0.2, 0.25) is 0 Å². The highest BCUT2D eigenvalue weighted by Gasteiger charge is 2.33. The van der Waals surface area contributed by atoms with Crippen molar-refractivity contribution >= 4 is 95.1 Å². The van der Waals surface area contributed by atoms with Crippen LogP contribution in [0.1, 0.15) is 164 Å². The summed E-state index contributed by atoms with van der Waals surface area (Å²) < 4.78 is 33.2. The van der Waals surface area contributed by atoms with Crippen LogP contribution in [0, 0.1) is 0 Å². The number of pyridine rings is 4. The number of aryl methyl sites for hydroxylation is 2. The van der Waals surface area contributed by atoms with E-state index >= 15 is 0 Å². The van der Waals surface area contributed by atoms with Gasteiger partial charge in [-0.05, 0) is 302 Å². The summed E-state index contributed by atoms with van der Waals surface area (Å²) in [6, 6.07) is 35.8. The van der Waals surface area contributed by atoms with Crippen molar-refractivity contribution in [2.24, 2.45) is 7.05 Å². The largest absolute Gasteiger partial charge is 0.382 e. The summed E-state index contributed by atoms with van der Waals surface area (Å²) in [5.74, 6) is 3.60. The molecule has 696 valence electrons. The fourth-order valence-electron chi connectivity index (χ4n) is 20.0. The van der Waals surface area contributed by atoms with Gasteiger partial charge in [-0.1, -0.05) is 12.5 Å². The Hall–Kier alpha value is -11.6. The number of likely N-dealkylation sites (N-methyl/N-ethyl adjacent to an activating group) is 2. The van der Waals surface area contributed by atoms with Crippen LogP contribution in [0.25, 0.3) is 66.7 Å². The number of benzene rings is 3. The minimum absolute atomic E-state index is 0.0863. The van der Waals surface area contributed by atoms with Crippen molar-refractivity contribution in [2.45, 2.75) is 172 Å². The van der Waals surface area contributed by atoms with Gasteiger partial charge in [-0.3, -0.25) is 38.0 Å². The molecule has 0 amide bonds. The first-order valence-electron chi connectivity index (χ1n) is 47.4. The number of anilines is 9. The number of hydrogen-bond donors (Lipinski definition) is 6. The molecular weight excluding hydrogens is 1680 g/mol. The van der Waals surface area contributed by atoms with Crippen molar-refractivity contribution in [3.8, 4) is 33.6 Å². The van der Waals surface area contributed by atoms with Gasteiger partial charge in [0.15, 0.2) is 0 Å². The van der Waals surface area contributed by atoms with E-state index in [1.54, 1.807) is 44.7 Å². The average Bonchev–Trinajstić information content (AvgIpc) is 1.26. The summed E-state index contributed by atoms with van der Waals surface area (Å²) in [5.41, 5.74) is 12.6. The highest BCUT2D eigenvalue weighted by molar-refractivity contribution is 7.88. The molecule has 0 bridgehead atoms. The Labute approximate surface area is 773 Å². The summed E-state index contributed by atoms with van der Waals surface area (Å²) >= 11 is 0. The second-order valence-electron chi connectivity index (χ2n) is 37.7. The van der Waals surface area contributed by atoms with Gasteiger partial charge in [0, 0.05) is 205 Å². The van der Waals surface area contributed by atoms with E-state index in [1.165, 1.54) is 42.8 Å². The number of imidazole rings is 1. The Morgan fingerprint density at radius 1 is 0.470 bits per heavy atom. The van der Waals surface area contributed by atoms with E-state index in [2.05, 4.69) is 177 Å². The first-order valence-corrected chi connectivity index (χ1v) is 49.3. The molecule has 0 aliphatic carbocycles. The van der Waals surface area contributed by atoms with Crippen molar-refractivity contribution in [1.82, 2.24) is 102 Å². The molecule has 6 N–H and O–H groups in total. The number of sulfonamides is 1. The zero-order valence-corrected chi connectivity index (χ0v) is 79.1. The third-order valence-corrected chi connectivity index (χ3v) is 29.0. The van der Waals surface area contributed by atoms with Gasteiger partial charge in [-0.2, -0.15) is 15.0 Å². The first-order chi connectivity index (χ1) is 63.9. The standard InChI is InChI=1S/C36H47N9O3S.C32H43N9O.C31H39N9O/c1-42-18-4-5-26(24-42)33-11-6-25(22-38-33)32-21-27-23-39-36(40-28-7-9-29(10-8-28)43(2)30-12-16-37-17-13-30)41-34(27)45(35(32)46)31-14-19-44(20-15-31)49(3,47)48;1-21(2)41-29-22(18-26(31(41)42)30-36-27(20-40(30)5)28-8-6-7-15-39(28)4)19-33-32(37-29)35-24-11-9-23(10-12-24)34-25-13-16-38(3)17-14-25;1-4-40-29-22(16-27(30(40)41)23-18-32-28(33-19-23)21-11-14-38(2)15-12-21)17-34-31(37-29)36-25-9-7-24(8-10-25)35-26-6-5-13-39(3)20-26/h6-11,21-23,26,30-31,37H,4-5,12-20,24H2,1-3H3,(H,39,40,41);9-12,18-21,25,28,34H,6-8,13-17H2,1-5H3,(H,33,35,37);7-10,16-19,21,26,35H,4-6,11-15,20H2,1-3H3,(H,34,36,37). The van der Waals surface area contributed by atoms with Crippen LogP contribution in [0.15, 0.2) is 161 Å². The fourth-order valence-corrected chi connectivity index (χ4v) is 20.9. The van der Waals surface area contributed by atoms with Crippen molar-refractivity contribution in [1.29, 1.82) is 0 Å². The van der Waals surface area contributed by atoms with Gasteiger partial charge in [0.2, 0.25) is 27.9 Å². The summed E-state index contributed by atoms with van der Waals surface area (Å²) in [7, 11) is 11.6. The maximum absolute atomic E-state index is 14.4. The van der Waals surface area contributed by atoms with Crippen molar-refractivity contribution < 1.29 is 8.42 Å². The lowest BCUT2D eigenvalue weighted by molar-refractivity contribution is 0.184. The van der Waals surface area contributed by atoms with Gasteiger partial charge < -0.3 is 61.0 Å². The highest BCUT2D eigenvalue weighted by Crippen LogP contribution is 2.37. The SMILES string of the molecule is CC(C)n1c(=O)c(-c2nc(C3CCCCN3C)cn2C)cc2cnc(Nc3ccc(NC4CCN(C)CC4)cc3)nc21.CCn1c(=O)c(-c2cnc(C3CCN(C)CC3)nc2)cc2cnc(Nc3ccc(NC4CCCN(C)C4)cc3)nc21.CN1CCCC(c2ccc(-c3cc4cnc(Nc5ccc(N(C)C6CCNCC6)cc5)nc4n(C4CCN(S(C)(=O)=O)CC4)c3=O)cn2)C1. The molecule has 3 atom stereocenters. The van der Waals surface area contributed by atoms with Crippen LogP contribution in [0.3, 0.4) is 0 Å². The Kier molecular flexibility index (Phi) is 28.9. The molecule has 7 saturated heterocycles. The predicted molar refractivity (Wildman–Crippen MR) is 529 cm³/mol. The summed E-state index contributed by atoms with van der Waals surface area (Å²) in [6.07, 6.45) is 29.9. The maximum atomic E-state index is 14.4. The second kappa shape index (κ2) is 41.3. The van der Waals surface area contributed by atoms with Crippen LogP contribution in [0.4, 0.5) is 52.0 Å². The second-order valence-corrected chi connectivity index (χ2v) is 39.7. The van der Waals surface area contributed by atoms with E-state index in [1.807, 2.05) is 99.2 Å². The lowest BCUT2D eigenvalue weighted by Crippen LogP contribution is -2.41. The van der Waals surface area contributed by atoms with Gasteiger partial charge in [-0.25, -0.2) is 42.6 Å². The molecule has 7 aliphatic rings. The van der Waals surface area contributed by atoms with Crippen LogP contribution in [-0.2, 0) is 23.6 Å². The average molecular weight is 1810 g/mol. The van der Waals surface area contributed by atoms with Crippen LogP contribution in [0.5, 0.6) is 0 Å². The Bertz CT molecular complexity index is 6280. The Balaban J connectivity index is 0.000000139. The molecule has 0 radical (unpaired) electrons. The topological polar surface area (TPSA) is 329 Å². The van der Waals surface area contributed by atoms with Gasteiger partial charge in [0.25, 0.3) is 16.7 Å². The number of piperidine rings is 7. The molecule has 7 aliphatic heterocycles. The molecule has 0 saturated carbocycles. The summed E-state index contributed by atoms with van der Waals surface area (Å²) in [4.78, 5) is 103. The van der Waals surface area contributed by atoms with Gasteiger partial charge in [0.05, 0.1) is 29.1 Å². The monoisotopic (exact) mass is 1810 g/mol. The molecule has 0 spiro atoms. The number of fused-ring (bicyclic) bond motifs is 3. The number of hydrogen-bond acceptors (Lipinski definition) is 27. The smallest absolute Gasteiger partial charge is 0.263 e. The first kappa shape index (κ1) is 92.3. The van der Waals surface area contributed by atoms with E-state index in [-0.39, 0.29) is 34.8 Å². The molecule has 3 aromatic carbocycles. The highest BCUT2D eigenvalue weighted by atomic mass is 32.2. The Morgan fingerprint density at radius 3 is 1.58 bits per heavy atom. The molecule has 9 aromatic heterocycles. The normalized spacial score (nSPS) is 19.5. The third-order valence-electron chi connectivity index (χ3n) is 27.7. The molecule has 33 heteroatoms. The third kappa shape index (κ3) is 21.7. The van der Waals surface area contributed by atoms with E-state index < -0.39 is 10.0 Å². The number of nitrogens with one attached hydrogen (secondary N) is 6. The van der Waals surface area contributed by atoms with Crippen LogP contribution < -0.4 is 53.5 Å². The number of aromatic nitrogens is 14. The minimum atomic E-state index is -3.32. The van der Waals surface area contributed by atoms with Crippen LogP contribution in [-0.4, -0.2) is 257 Å². The molecule has 32 nitrogen and oxygen atoms in total. The minimum Gasteiger partial charge on any atom is -0.382 e. The van der Waals surface area contributed by atoms with E-state index in [4.69, 9.17) is 24.9 Å². The number of nitrogens with zero attached hydrogens (tertiary/aromatic N) is 21. The van der Waals surface area contributed by atoms with E-state index in [0.717, 1.165) is 196 Å². The fraction of sp³-hybridized carbons (Fsp3) is 0.485. The zero-order chi connectivity index (χ0) is 91.8. The summed E-state index contributed by atoms with van der Waals surface area (Å²) in [6.45, 7) is 19.0. The molecular formula is C99H129N27O5S. The summed E-state index contributed by atoms with van der Waals surface area (Å²) in [5, 5.41) is 23.0. The molecule has 132 heavy (non-hydrogen) atoms. The maximum Gasteiger partial charge on any atom is 0.263 e. The zero-order valence-electron chi connectivity index (χ0n) is 78.3. The number of rotatable bonds is 22. The molecule has 7 fully saturated rings. The molecule has 3 unspecified atom stereocenters. The number of likely N-dealkylation sites (tertiary alicyclic amines) is 5. The molecule has 19 rings (SSSR count). The van der Waals surface area contributed by atoms with Gasteiger partial charge in [0.1, 0.15) is 28.6 Å². The predicted octanol–water partition coefficient (Wildman–Crippen LogP) is 13.7. The van der Waals surface area contributed by atoms with Crippen molar-refractivity contribution in [3.63, 3.8) is 0 Å². The van der Waals surface area contributed by atoms with Gasteiger partial charge in [-0.15, -0.1) is 0 Å². The van der Waals surface area contributed by atoms with E-state index in [0.29, 0.717) is 125 Å². The van der Waals surface area contributed by atoms with Crippen molar-refractivity contribution in [2.75, 3.05) is 165 Å². The van der Waals surface area contributed by atoms with Crippen molar-refractivity contribution in [3.05, 3.63) is 195 Å². The van der Waals surface area contributed by atoms with Crippen LogP contribution >= 0.6 is 0 Å². The Morgan fingerprint density at radius 2 is 1.01 bits per heavy atom. The molecule has 12 aromatic rings. The lowest BCUT2D eigenvalue weighted by Gasteiger charge is -2.33. The van der Waals surface area contributed by atoms with E-state index in [9.17, 15) is 22.8 Å². The quantitative estimate of drug-likeness (QED) is 0.0367. The lowest BCUT2D eigenvalue weighted by atomic mass is 9.94. The molecule has 16 heterocycles. The van der Waals surface area contributed by atoms with Gasteiger partial charge >= 0.3 is 0 Å².